The molecule has 0 aromatic heterocycles. The molecule has 2 aromatic rings. The monoisotopic (exact) mass is 334 g/mol. The van der Waals surface area contributed by atoms with Crippen molar-refractivity contribution in [1.29, 1.82) is 0 Å². The first-order valence-electron chi connectivity index (χ1n) is 7.31. The van der Waals surface area contributed by atoms with Gasteiger partial charge in [-0.2, -0.15) is 0 Å². The number of aryl methyl sites for hydroxylation is 1. The first-order valence-corrected chi connectivity index (χ1v) is 8.97. The molecule has 0 aliphatic rings. The molecule has 0 aliphatic heterocycles. The fourth-order valence-corrected chi connectivity index (χ4v) is 3.28. The van der Waals surface area contributed by atoms with E-state index in [1.807, 2.05) is 30.3 Å². The molecule has 122 valence electrons. The fourth-order valence-electron chi connectivity index (χ4n) is 1.99. The van der Waals surface area contributed by atoms with Gasteiger partial charge in [0.2, 0.25) is 0 Å². The van der Waals surface area contributed by atoms with Crippen molar-refractivity contribution in [2.45, 2.75) is 18.2 Å². The summed E-state index contributed by atoms with van der Waals surface area (Å²) in [5.74, 6) is 0.110. The van der Waals surface area contributed by atoms with Crippen molar-refractivity contribution >= 4 is 9.84 Å². The average molecular weight is 334 g/mol. The summed E-state index contributed by atoms with van der Waals surface area (Å²) in [6, 6.07) is 15.5. The van der Waals surface area contributed by atoms with E-state index in [0.29, 0.717) is 12.2 Å². The number of allylic oxidation sites excluding steroid dienone is 1. The normalized spacial score (nSPS) is 12.2. The predicted molar refractivity (Wildman–Crippen MR) is 89.0 cm³/mol. The van der Waals surface area contributed by atoms with Gasteiger partial charge in [0.15, 0.2) is 9.84 Å². The maximum absolute atomic E-state index is 13.0. The lowest BCUT2D eigenvalue weighted by Crippen LogP contribution is -2.09. The minimum absolute atomic E-state index is 0.0460. The van der Waals surface area contributed by atoms with Crippen LogP contribution in [-0.4, -0.2) is 20.8 Å². The van der Waals surface area contributed by atoms with Gasteiger partial charge in [-0.1, -0.05) is 36.4 Å². The van der Waals surface area contributed by atoms with Crippen LogP contribution in [0.5, 0.6) is 5.75 Å². The van der Waals surface area contributed by atoms with Crippen molar-refractivity contribution in [2.24, 2.45) is 0 Å². The molecule has 0 bridgehead atoms. The Bertz CT molecular complexity index is 751. The van der Waals surface area contributed by atoms with Gasteiger partial charge in [0.1, 0.15) is 18.2 Å². The van der Waals surface area contributed by atoms with E-state index in [0.717, 1.165) is 5.56 Å². The molecule has 0 atom stereocenters. The summed E-state index contributed by atoms with van der Waals surface area (Å²) >= 11 is 0. The summed E-state index contributed by atoms with van der Waals surface area (Å²) in [5, 5.41) is 0. The zero-order chi connectivity index (χ0) is 16.7. The molecule has 0 radical (unpaired) electrons. The van der Waals surface area contributed by atoms with Crippen LogP contribution in [0.4, 0.5) is 4.39 Å². The van der Waals surface area contributed by atoms with E-state index in [9.17, 15) is 12.8 Å². The Labute approximate surface area is 136 Å². The van der Waals surface area contributed by atoms with Gasteiger partial charge in [0, 0.05) is 0 Å². The van der Waals surface area contributed by atoms with E-state index >= 15 is 0 Å². The standard InChI is InChI=1S/C18H19FO3S/c1-2-16(19)14-22-17-8-10-18(11-9-17)23(20,21)13-12-15-6-4-3-5-7-15/h2-11H,12-14H2,1H3. The summed E-state index contributed by atoms with van der Waals surface area (Å²) in [7, 11) is -3.35. The van der Waals surface area contributed by atoms with Crippen LogP contribution in [0.2, 0.25) is 0 Å². The van der Waals surface area contributed by atoms with E-state index in [1.54, 1.807) is 19.1 Å². The zero-order valence-corrected chi connectivity index (χ0v) is 13.7. The number of hydrogen-bond acceptors (Lipinski definition) is 3. The second-order valence-electron chi connectivity index (χ2n) is 5.05. The highest BCUT2D eigenvalue weighted by Gasteiger charge is 2.14. The Morgan fingerprint density at radius 1 is 1.09 bits per heavy atom. The number of halogens is 1. The van der Waals surface area contributed by atoms with Crippen molar-refractivity contribution in [2.75, 3.05) is 12.4 Å². The van der Waals surface area contributed by atoms with Gasteiger partial charge in [-0.3, -0.25) is 0 Å². The molecule has 2 rings (SSSR count). The highest BCUT2D eigenvalue weighted by Crippen LogP contribution is 2.18. The lowest BCUT2D eigenvalue weighted by Gasteiger charge is -2.07. The summed E-state index contributed by atoms with van der Waals surface area (Å²) in [6.07, 6.45) is 1.79. The van der Waals surface area contributed by atoms with Gasteiger partial charge < -0.3 is 4.74 Å². The quantitative estimate of drug-likeness (QED) is 0.770. The number of sulfone groups is 1. The molecular formula is C18H19FO3S. The number of hydrogen-bond donors (Lipinski definition) is 0. The molecule has 0 spiro atoms. The Morgan fingerprint density at radius 2 is 1.74 bits per heavy atom. The molecular weight excluding hydrogens is 315 g/mol. The maximum Gasteiger partial charge on any atom is 0.178 e. The highest BCUT2D eigenvalue weighted by atomic mass is 32.2. The summed E-state index contributed by atoms with van der Waals surface area (Å²) in [5.41, 5.74) is 0.984. The summed E-state index contributed by atoms with van der Waals surface area (Å²) in [6.45, 7) is 1.43. The van der Waals surface area contributed by atoms with Crippen molar-refractivity contribution in [1.82, 2.24) is 0 Å². The van der Waals surface area contributed by atoms with Crippen LogP contribution in [0.3, 0.4) is 0 Å². The average Bonchev–Trinajstić information content (AvgIpc) is 2.59. The molecule has 0 unspecified atom stereocenters. The summed E-state index contributed by atoms with van der Waals surface area (Å²) < 4.78 is 42.8. The van der Waals surface area contributed by atoms with Crippen LogP contribution < -0.4 is 4.74 Å². The lowest BCUT2D eigenvalue weighted by atomic mass is 10.2. The molecule has 3 nitrogen and oxygen atoms in total. The first kappa shape index (κ1) is 17.2. The number of benzene rings is 2. The van der Waals surface area contributed by atoms with Gasteiger partial charge in [-0.25, -0.2) is 12.8 Å². The van der Waals surface area contributed by atoms with Crippen LogP contribution >= 0.6 is 0 Å². The molecule has 5 heteroatoms. The van der Waals surface area contributed by atoms with Crippen molar-refractivity contribution in [3.8, 4) is 5.75 Å². The Morgan fingerprint density at radius 3 is 2.35 bits per heavy atom. The zero-order valence-electron chi connectivity index (χ0n) is 12.9. The van der Waals surface area contributed by atoms with Crippen LogP contribution in [0, 0.1) is 0 Å². The molecule has 0 N–H and O–H groups in total. The Kier molecular flexibility index (Phi) is 5.93. The van der Waals surface area contributed by atoms with Crippen LogP contribution in [0.25, 0.3) is 0 Å². The lowest BCUT2D eigenvalue weighted by molar-refractivity contribution is 0.318. The number of rotatable bonds is 7. The third kappa shape index (κ3) is 5.21. The minimum atomic E-state index is -3.35. The molecule has 0 fully saturated rings. The highest BCUT2D eigenvalue weighted by molar-refractivity contribution is 7.91. The Balaban J connectivity index is 1.99. The SMILES string of the molecule is CC=C(F)COc1ccc(S(=O)(=O)CCc2ccccc2)cc1. The number of ether oxygens (including phenoxy) is 1. The van der Waals surface area contributed by atoms with E-state index in [-0.39, 0.29) is 23.1 Å². The maximum atomic E-state index is 13.0. The minimum Gasteiger partial charge on any atom is -0.487 e. The molecule has 2 aromatic carbocycles. The first-order chi connectivity index (χ1) is 11.0. The summed E-state index contributed by atoms with van der Waals surface area (Å²) in [4.78, 5) is 0.243. The molecule has 0 saturated heterocycles. The topological polar surface area (TPSA) is 43.4 Å². The predicted octanol–water partition coefficient (Wildman–Crippen LogP) is 3.96. The van der Waals surface area contributed by atoms with Crippen LogP contribution in [0.15, 0.2) is 71.4 Å². The van der Waals surface area contributed by atoms with E-state index in [4.69, 9.17) is 4.74 Å². The van der Waals surface area contributed by atoms with E-state index < -0.39 is 9.84 Å². The van der Waals surface area contributed by atoms with Gasteiger partial charge in [0.05, 0.1) is 10.6 Å². The van der Waals surface area contributed by atoms with Gasteiger partial charge in [-0.15, -0.1) is 0 Å². The van der Waals surface area contributed by atoms with E-state index in [2.05, 4.69) is 0 Å². The van der Waals surface area contributed by atoms with Gasteiger partial charge in [0.25, 0.3) is 0 Å². The molecule has 0 saturated carbocycles. The molecule has 0 heterocycles. The van der Waals surface area contributed by atoms with E-state index in [1.165, 1.54) is 18.2 Å². The largest absolute Gasteiger partial charge is 0.487 e. The van der Waals surface area contributed by atoms with Crippen molar-refractivity contribution in [3.63, 3.8) is 0 Å². The third-order valence-electron chi connectivity index (χ3n) is 3.38. The van der Waals surface area contributed by atoms with Gasteiger partial charge >= 0.3 is 0 Å². The Hall–Kier alpha value is -2.14. The molecule has 0 amide bonds. The van der Waals surface area contributed by atoms with Gasteiger partial charge in [-0.05, 0) is 43.2 Å². The second kappa shape index (κ2) is 7.92. The third-order valence-corrected chi connectivity index (χ3v) is 5.11. The van der Waals surface area contributed by atoms with Crippen LogP contribution in [0.1, 0.15) is 12.5 Å². The second-order valence-corrected chi connectivity index (χ2v) is 7.16. The molecule has 0 aliphatic carbocycles. The molecule has 23 heavy (non-hydrogen) atoms. The van der Waals surface area contributed by atoms with Crippen LogP contribution in [-0.2, 0) is 16.3 Å². The van der Waals surface area contributed by atoms with Crippen molar-refractivity contribution < 1.29 is 17.5 Å². The fraction of sp³-hybridized carbons (Fsp3) is 0.222. The smallest absolute Gasteiger partial charge is 0.178 e. The van der Waals surface area contributed by atoms with Crippen molar-refractivity contribution in [3.05, 3.63) is 72.1 Å².